The Morgan fingerprint density at radius 1 is 1.03 bits per heavy atom. The van der Waals surface area contributed by atoms with E-state index in [9.17, 15) is 9.59 Å². The highest BCUT2D eigenvalue weighted by molar-refractivity contribution is 14.1. The Balaban J connectivity index is 1.43. The first-order valence-corrected chi connectivity index (χ1v) is 13.8. The smallest absolute Gasteiger partial charge is 0.282 e. The van der Waals surface area contributed by atoms with Crippen LogP contribution in [0.3, 0.4) is 0 Å². The SMILES string of the molecule is O=C(COc1c(I)cc(C=Nn2c(-c3ccccc3)nc3ccccc3c2=O)cc1I)N1CCOCC1. The van der Waals surface area contributed by atoms with Crippen LogP contribution in [0.2, 0.25) is 0 Å². The molecule has 10 heteroatoms. The first-order valence-electron chi connectivity index (χ1n) is 11.6. The van der Waals surface area contributed by atoms with E-state index in [2.05, 4.69) is 50.3 Å². The molecule has 37 heavy (non-hydrogen) atoms. The van der Waals surface area contributed by atoms with Gasteiger partial charge in [0.25, 0.3) is 11.5 Å². The molecule has 0 N–H and O–H groups in total. The van der Waals surface area contributed by atoms with Gasteiger partial charge in [-0.25, -0.2) is 4.98 Å². The summed E-state index contributed by atoms with van der Waals surface area (Å²) in [6.45, 7) is 2.24. The van der Waals surface area contributed by atoms with Gasteiger partial charge in [0, 0.05) is 18.7 Å². The molecule has 0 atom stereocenters. The van der Waals surface area contributed by atoms with Crippen LogP contribution in [0.4, 0.5) is 0 Å². The maximum Gasteiger partial charge on any atom is 0.282 e. The van der Waals surface area contributed by atoms with Gasteiger partial charge in [0.15, 0.2) is 12.4 Å². The maximum absolute atomic E-state index is 13.4. The second-order valence-electron chi connectivity index (χ2n) is 8.28. The monoisotopic (exact) mass is 720 g/mol. The van der Waals surface area contributed by atoms with Crippen molar-refractivity contribution in [3.05, 3.63) is 89.8 Å². The Bertz CT molecular complexity index is 1510. The molecule has 1 aliphatic rings. The van der Waals surface area contributed by atoms with E-state index >= 15 is 0 Å². The third kappa shape index (κ3) is 5.85. The van der Waals surface area contributed by atoms with Crippen molar-refractivity contribution in [3.63, 3.8) is 0 Å². The third-order valence-electron chi connectivity index (χ3n) is 5.83. The molecule has 0 saturated carbocycles. The first-order chi connectivity index (χ1) is 18.0. The Kier molecular flexibility index (Phi) is 8.15. The van der Waals surface area contributed by atoms with Crippen LogP contribution in [0.1, 0.15) is 5.56 Å². The number of para-hydroxylation sites is 1. The van der Waals surface area contributed by atoms with Gasteiger partial charge in [-0.15, -0.1) is 0 Å². The van der Waals surface area contributed by atoms with Crippen LogP contribution in [0.15, 0.2) is 76.6 Å². The number of halogens is 2. The molecule has 4 aromatic rings. The zero-order valence-corrected chi connectivity index (χ0v) is 24.0. The molecule has 1 amide bonds. The van der Waals surface area contributed by atoms with Crippen molar-refractivity contribution in [1.82, 2.24) is 14.6 Å². The lowest BCUT2D eigenvalue weighted by Crippen LogP contribution is -2.43. The third-order valence-corrected chi connectivity index (χ3v) is 7.44. The van der Waals surface area contributed by atoms with Crippen molar-refractivity contribution in [3.8, 4) is 17.1 Å². The second kappa shape index (κ2) is 11.7. The van der Waals surface area contributed by atoms with Gasteiger partial charge in [0.2, 0.25) is 0 Å². The zero-order valence-electron chi connectivity index (χ0n) is 19.6. The summed E-state index contributed by atoms with van der Waals surface area (Å²) >= 11 is 4.37. The van der Waals surface area contributed by atoms with Crippen LogP contribution < -0.4 is 10.3 Å². The number of hydrogen-bond acceptors (Lipinski definition) is 6. The van der Waals surface area contributed by atoms with E-state index in [0.717, 1.165) is 18.3 Å². The van der Waals surface area contributed by atoms with Crippen LogP contribution in [0.25, 0.3) is 22.3 Å². The minimum atomic E-state index is -0.244. The summed E-state index contributed by atoms with van der Waals surface area (Å²) in [6, 6.07) is 20.6. The van der Waals surface area contributed by atoms with Gasteiger partial charge in [-0.3, -0.25) is 9.59 Å². The fourth-order valence-corrected chi connectivity index (χ4v) is 6.09. The van der Waals surface area contributed by atoms with Gasteiger partial charge < -0.3 is 14.4 Å². The van der Waals surface area contributed by atoms with Crippen LogP contribution in [0.5, 0.6) is 5.75 Å². The van der Waals surface area contributed by atoms with Crippen molar-refractivity contribution in [2.75, 3.05) is 32.9 Å². The molecule has 0 spiro atoms. The molecule has 1 saturated heterocycles. The highest BCUT2D eigenvalue weighted by Crippen LogP contribution is 2.29. The van der Waals surface area contributed by atoms with E-state index < -0.39 is 0 Å². The summed E-state index contributed by atoms with van der Waals surface area (Å²) in [5.41, 5.74) is 1.96. The number of nitrogens with zero attached hydrogens (tertiary/aromatic N) is 4. The predicted octanol–water partition coefficient (Wildman–Crippen LogP) is 4.39. The van der Waals surface area contributed by atoms with Crippen LogP contribution in [0, 0.1) is 7.14 Å². The number of rotatable bonds is 6. The molecule has 5 rings (SSSR count). The van der Waals surface area contributed by atoms with Crippen molar-refractivity contribution < 1.29 is 14.3 Å². The van der Waals surface area contributed by atoms with Crippen molar-refractivity contribution in [2.24, 2.45) is 5.10 Å². The molecule has 0 bridgehead atoms. The molecular formula is C27H22I2N4O4. The fourth-order valence-electron chi connectivity index (χ4n) is 3.96. The lowest BCUT2D eigenvalue weighted by atomic mass is 10.2. The minimum absolute atomic E-state index is 0.0297. The minimum Gasteiger partial charge on any atom is -0.482 e. The normalized spacial score (nSPS) is 13.8. The number of carbonyl (C=O) groups excluding carboxylic acids is 1. The lowest BCUT2D eigenvalue weighted by molar-refractivity contribution is -0.137. The highest BCUT2D eigenvalue weighted by Gasteiger charge is 2.19. The molecular weight excluding hydrogens is 698 g/mol. The largest absolute Gasteiger partial charge is 0.482 e. The highest BCUT2D eigenvalue weighted by atomic mass is 127. The van der Waals surface area contributed by atoms with Gasteiger partial charge in [0.05, 0.1) is 37.5 Å². The van der Waals surface area contributed by atoms with Crippen LogP contribution in [-0.2, 0) is 9.53 Å². The molecule has 1 fully saturated rings. The Hall–Kier alpha value is -2.84. The van der Waals surface area contributed by atoms with Crippen molar-refractivity contribution in [2.45, 2.75) is 0 Å². The number of benzene rings is 3. The molecule has 0 aliphatic carbocycles. The average Bonchev–Trinajstić information content (AvgIpc) is 2.93. The number of morpholine rings is 1. The Morgan fingerprint density at radius 2 is 1.70 bits per heavy atom. The standard InChI is InChI=1S/C27H22I2N4O4/c28-21-14-18(15-22(29)25(21)37-17-24(34)32-10-12-36-13-11-32)16-30-33-26(19-6-2-1-3-7-19)31-23-9-5-4-8-20(23)27(33)35/h1-9,14-16H,10-13,17H2. The summed E-state index contributed by atoms with van der Waals surface area (Å²) in [5, 5.41) is 5.04. The summed E-state index contributed by atoms with van der Waals surface area (Å²) in [6.07, 6.45) is 1.64. The van der Waals surface area contributed by atoms with Crippen molar-refractivity contribution in [1.29, 1.82) is 0 Å². The zero-order chi connectivity index (χ0) is 25.8. The number of amides is 1. The summed E-state index contributed by atoms with van der Waals surface area (Å²) in [5.74, 6) is 1.05. The number of carbonyl (C=O) groups is 1. The molecule has 0 unspecified atom stereocenters. The first kappa shape index (κ1) is 25.8. The quantitative estimate of drug-likeness (QED) is 0.218. The van der Waals surface area contributed by atoms with Gasteiger partial charge in [0.1, 0.15) is 5.75 Å². The van der Waals surface area contributed by atoms with E-state index in [1.165, 1.54) is 4.68 Å². The van der Waals surface area contributed by atoms with Gasteiger partial charge in [-0.1, -0.05) is 42.5 Å². The average molecular weight is 720 g/mol. The number of aromatic nitrogens is 2. The van der Waals surface area contributed by atoms with E-state index in [1.807, 2.05) is 60.7 Å². The van der Waals surface area contributed by atoms with E-state index in [1.54, 1.807) is 17.2 Å². The van der Waals surface area contributed by atoms with E-state index in [0.29, 0.717) is 48.8 Å². The fraction of sp³-hybridized carbons (Fsp3) is 0.185. The van der Waals surface area contributed by atoms with Crippen LogP contribution in [-0.4, -0.2) is 59.6 Å². The number of ether oxygens (including phenoxy) is 2. The van der Waals surface area contributed by atoms with E-state index in [-0.39, 0.29) is 18.1 Å². The summed E-state index contributed by atoms with van der Waals surface area (Å²) in [7, 11) is 0. The summed E-state index contributed by atoms with van der Waals surface area (Å²) < 4.78 is 14.2. The molecule has 1 aromatic heterocycles. The second-order valence-corrected chi connectivity index (χ2v) is 10.6. The molecule has 1 aliphatic heterocycles. The Labute approximate surface area is 240 Å². The van der Waals surface area contributed by atoms with Gasteiger partial charge in [-0.05, 0) is 75.0 Å². The van der Waals surface area contributed by atoms with Crippen LogP contribution >= 0.6 is 45.2 Å². The molecule has 2 heterocycles. The molecule has 3 aromatic carbocycles. The molecule has 188 valence electrons. The lowest BCUT2D eigenvalue weighted by Gasteiger charge is -2.26. The Morgan fingerprint density at radius 3 is 2.43 bits per heavy atom. The van der Waals surface area contributed by atoms with Gasteiger partial charge in [-0.2, -0.15) is 9.78 Å². The van der Waals surface area contributed by atoms with E-state index in [4.69, 9.17) is 14.5 Å². The predicted molar refractivity (Wildman–Crippen MR) is 159 cm³/mol. The van der Waals surface area contributed by atoms with Crippen molar-refractivity contribution >= 4 is 68.2 Å². The number of hydrogen-bond donors (Lipinski definition) is 0. The topological polar surface area (TPSA) is 86.0 Å². The molecule has 8 nitrogen and oxygen atoms in total. The maximum atomic E-state index is 13.4. The summed E-state index contributed by atoms with van der Waals surface area (Å²) in [4.78, 5) is 32.3. The van der Waals surface area contributed by atoms with Gasteiger partial charge >= 0.3 is 0 Å². The number of fused-ring (bicyclic) bond motifs is 1. The molecule has 0 radical (unpaired) electrons.